The van der Waals surface area contributed by atoms with Crippen molar-refractivity contribution in [3.63, 3.8) is 0 Å². The van der Waals surface area contributed by atoms with Gasteiger partial charge in [0.1, 0.15) is 6.61 Å². The van der Waals surface area contributed by atoms with Crippen LogP contribution in [0.3, 0.4) is 0 Å². The summed E-state index contributed by atoms with van der Waals surface area (Å²) in [4.78, 5) is 0. The van der Waals surface area contributed by atoms with Gasteiger partial charge in [-0.3, -0.25) is 4.72 Å². The number of hydrogen-bond acceptors (Lipinski definition) is 4. The molecule has 0 fully saturated rings. The zero-order valence-corrected chi connectivity index (χ0v) is 10.6. The molecule has 0 heterocycles. The van der Waals surface area contributed by atoms with Crippen LogP contribution >= 0.6 is 0 Å². The molecule has 0 radical (unpaired) electrons. The van der Waals surface area contributed by atoms with Gasteiger partial charge >= 0.3 is 0 Å². The van der Waals surface area contributed by atoms with E-state index in [9.17, 15) is 8.42 Å². The first-order chi connectivity index (χ1) is 8.48. The van der Waals surface area contributed by atoms with Crippen LogP contribution < -0.4 is 4.72 Å². The number of aryl methyl sites for hydroxylation is 1. The minimum Gasteiger partial charge on any atom is -0.384 e. The Morgan fingerprint density at radius 2 is 2.17 bits per heavy atom. The molecule has 1 aromatic rings. The zero-order chi connectivity index (χ0) is 13.6. The molecule has 0 aliphatic rings. The number of rotatable bonds is 3. The fourth-order valence-electron chi connectivity index (χ4n) is 1.27. The van der Waals surface area contributed by atoms with E-state index in [0.29, 0.717) is 11.3 Å². The third-order valence-electron chi connectivity index (χ3n) is 2.00. The number of nitrogens with zero attached hydrogens (tertiary/aromatic N) is 1. The van der Waals surface area contributed by atoms with E-state index >= 15 is 0 Å². The van der Waals surface area contributed by atoms with Crippen molar-refractivity contribution in [1.29, 1.82) is 5.26 Å². The first kappa shape index (κ1) is 14.0. The standard InChI is InChI=1S/C12H12N2O3S/c1-10-4-5-11(3-2-7-15)12(9-10)14-18(16,17)8-6-13/h4-5,9,14-15H,7-8H2,1H3. The molecule has 18 heavy (non-hydrogen) atoms. The highest BCUT2D eigenvalue weighted by Gasteiger charge is 2.11. The summed E-state index contributed by atoms with van der Waals surface area (Å²) in [5.41, 5.74) is 1.63. The number of nitriles is 1. The van der Waals surface area contributed by atoms with Gasteiger partial charge in [0.05, 0.1) is 11.8 Å². The average Bonchev–Trinajstić information content (AvgIpc) is 2.27. The van der Waals surface area contributed by atoms with Crippen molar-refractivity contribution < 1.29 is 13.5 Å². The summed E-state index contributed by atoms with van der Waals surface area (Å²) in [5.74, 6) is 4.48. The first-order valence-electron chi connectivity index (χ1n) is 5.06. The number of anilines is 1. The van der Waals surface area contributed by atoms with Crippen LogP contribution in [0.15, 0.2) is 18.2 Å². The zero-order valence-electron chi connectivity index (χ0n) is 9.77. The first-order valence-corrected chi connectivity index (χ1v) is 6.71. The van der Waals surface area contributed by atoms with Gasteiger partial charge < -0.3 is 5.11 Å². The Morgan fingerprint density at radius 3 is 2.78 bits per heavy atom. The summed E-state index contributed by atoms with van der Waals surface area (Å²) in [6.07, 6.45) is 0. The second-order valence-electron chi connectivity index (χ2n) is 3.53. The van der Waals surface area contributed by atoms with Crippen LogP contribution in [0.2, 0.25) is 0 Å². The summed E-state index contributed by atoms with van der Waals surface area (Å²) < 4.78 is 25.3. The molecule has 0 aromatic heterocycles. The highest BCUT2D eigenvalue weighted by atomic mass is 32.2. The average molecular weight is 264 g/mol. The van der Waals surface area contributed by atoms with E-state index in [1.165, 1.54) is 0 Å². The Kier molecular flexibility index (Phi) is 4.73. The van der Waals surface area contributed by atoms with Crippen LogP contribution in [0.25, 0.3) is 0 Å². The normalized spacial score (nSPS) is 10.1. The van der Waals surface area contributed by atoms with Crippen LogP contribution in [-0.2, 0) is 10.0 Å². The number of sulfonamides is 1. The summed E-state index contributed by atoms with van der Waals surface area (Å²) in [6.45, 7) is 1.50. The second kappa shape index (κ2) is 6.06. The van der Waals surface area contributed by atoms with Crippen molar-refractivity contribution >= 4 is 15.7 Å². The molecular formula is C12H12N2O3S. The quantitative estimate of drug-likeness (QED) is 0.782. The van der Waals surface area contributed by atoms with Crippen molar-refractivity contribution in [2.45, 2.75) is 6.92 Å². The molecule has 0 amide bonds. The monoisotopic (exact) mass is 264 g/mol. The van der Waals surface area contributed by atoms with Gasteiger partial charge in [-0.25, -0.2) is 8.42 Å². The summed E-state index contributed by atoms with van der Waals surface area (Å²) in [5, 5.41) is 17.0. The fourth-order valence-corrected chi connectivity index (χ4v) is 2.02. The maximum Gasteiger partial charge on any atom is 0.246 e. The molecule has 0 spiro atoms. The predicted octanol–water partition coefficient (Wildman–Crippen LogP) is 0.604. The van der Waals surface area contributed by atoms with Gasteiger partial charge in [-0.2, -0.15) is 5.26 Å². The Labute approximate surface area is 106 Å². The van der Waals surface area contributed by atoms with Gasteiger partial charge in [-0.1, -0.05) is 17.9 Å². The lowest BCUT2D eigenvalue weighted by atomic mass is 10.1. The van der Waals surface area contributed by atoms with E-state index in [1.807, 2.05) is 6.92 Å². The fraction of sp³-hybridized carbons (Fsp3) is 0.250. The molecule has 5 nitrogen and oxygen atoms in total. The molecule has 0 unspecified atom stereocenters. The molecule has 0 aliphatic carbocycles. The molecule has 0 atom stereocenters. The van der Waals surface area contributed by atoms with Crippen molar-refractivity contribution in [2.24, 2.45) is 0 Å². The van der Waals surface area contributed by atoms with Gasteiger partial charge in [0.25, 0.3) is 0 Å². The Balaban J connectivity index is 3.15. The van der Waals surface area contributed by atoms with E-state index < -0.39 is 15.8 Å². The molecule has 1 aromatic carbocycles. The number of hydrogen-bond donors (Lipinski definition) is 2. The van der Waals surface area contributed by atoms with Crippen molar-refractivity contribution in [3.05, 3.63) is 29.3 Å². The van der Waals surface area contributed by atoms with Gasteiger partial charge in [0.15, 0.2) is 5.75 Å². The van der Waals surface area contributed by atoms with Crippen LogP contribution in [-0.4, -0.2) is 25.9 Å². The summed E-state index contributed by atoms with van der Waals surface area (Å²) >= 11 is 0. The molecule has 0 saturated carbocycles. The molecule has 1 rings (SSSR count). The van der Waals surface area contributed by atoms with Crippen molar-refractivity contribution in [1.82, 2.24) is 0 Å². The third-order valence-corrected chi connectivity index (χ3v) is 3.04. The maximum atomic E-state index is 11.5. The minimum atomic E-state index is -3.69. The van der Waals surface area contributed by atoms with Crippen molar-refractivity contribution in [3.8, 4) is 17.9 Å². The Hall–Kier alpha value is -2.02. The van der Waals surface area contributed by atoms with E-state index in [0.717, 1.165) is 5.56 Å². The van der Waals surface area contributed by atoms with Crippen LogP contribution in [0.5, 0.6) is 0 Å². The summed E-state index contributed by atoms with van der Waals surface area (Å²) in [6, 6.07) is 6.64. The highest BCUT2D eigenvalue weighted by molar-refractivity contribution is 7.92. The van der Waals surface area contributed by atoms with Gasteiger partial charge in [-0.15, -0.1) is 0 Å². The number of aliphatic hydroxyl groups is 1. The highest BCUT2D eigenvalue weighted by Crippen LogP contribution is 2.18. The molecule has 0 bridgehead atoms. The number of nitrogens with one attached hydrogen (secondary N) is 1. The van der Waals surface area contributed by atoms with Gasteiger partial charge in [0.2, 0.25) is 10.0 Å². The largest absolute Gasteiger partial charge is 0.384 e. The predicted molar refractivity (Wildman–Crippen MR) is 68.2 cm³/mol. The van der Waals surface area contributed by atoms with Crippen LogP contribution in [0, 0.1) is 30.1 Å². The smallest absolute Gasteiger partial charge is 0.246 e. The Morgan fingerprint density at radius 1 is 1.44 bits per heavy atom. The maximum absolute atomic E-state index is 11.5. The molecule has 2 N–H and O–H groups in total. The summed E-state index contributed by atoms with van der Waals surface area (Å²) in [7, 11) is -3.69. The molecular weight excluding hydrogens is 252 g/mol. The van der Waals surface area contributed by atoms with Crippen LogP contribution in [0.1, 0.15) is 11.1 Å². The second-order valence-corrected chi connectivity index (χ2v) is 5.25. The van der Waals surface area contributed by atoms with E-state index in [1.54, 1.807) is 24.3 Å². The molecule has 94 valence electrons. The number of aliphatic hydroxyl groups excluding tert-OH is 1. The van der Waals surface area contributed by atoms with Gasteiger partial charge in [-0.05, 0) is 24.6 Å². The number of benzene rings is 1. The molecule has 0 aliphatic heterocycles. The lowest BCUT2D eigenvalue weighted by Gasteiger charge is -2.08. The Bertz CT molecular complexity index is 634. The lowest BCUT2D eigenvalue weighted by molar-refractivity contribution is 0.350. The minimum absolute atomic E-state index is 0.307. The van der Waals surface area contributed by atoms with Crippen LogP contribution in [0.4, 0.5) is 5.69 Å². The topological polar surface area (TPSA) is 90.2 Å². The molecule has 0 saturated heterocycles. The lowest BCUT2D eigenvalue weighted by Crippen LogP contribution is -2.16. The van der Waals surface area contributed by atoms with Gasteiger partial charge in [0, 0.05) is 5.56 Å². The third kappa shape index (κ3) is 4.10. The molecule has 6 heteroatoms. The van der Waals surface area contributed by atoms with E-state index in [4.69, 9.17) is 10.4 Å². The van der Waals surface area contributed by atoms with E-state index in [2.05, 4.69) is 16.6 Å². The SMILES string of the molecule is Cc1ccc(C#CCO)c(NS(=O)(=O)CC#N)c1. The van der Waals surface area contributed by atoms with Crippen molar-refractivity contribution in [2.75, 3.05) is 17.1 Å². The van der Waals surface area contributed by atoms with E-state index in [-0.39, 0.29) is 6.61 Å².